The van der Waals surface area contributed by atoms with Gasteiger partial charge in [-0.1, -0.05) is 30.4 Å². The zero-order valence-corrected chi connectivity index (χ0v) is 16.4. The van der Waals surface area contributed by atoms with Crippen LogP contribution in [0.1, 0.15) is 43.1 Å². The third-order valence-corrected chi connectivity index (χ3v) is 5.86. The first-order valence-corrected chi connectivity index (χ1v) is 10.00. The molecule has 8 heteroatoms. The van der Waals surface area contributed by atoms with Gasteiger partial charge in [-0.2, -0.15) is 4.52 Å². The van der Waals surface area contributed by atoms with Crippen LogP contribution in [-0.4, -0.2) is 49.9 Å². The SMILES string of the molecule is CCc1nc2sc([C@@H](c3cccc(F)c3)N3C[C@@H](C)O[C@@H](C)C3)c(O)n2n1. The van der Waals surface area contributed by atoms with E-state index in [0.29, 0.717) is 30.3 Å². The van der Waals surface area contributed by atoms with Crippen LogP contribution in [0.4, 0.5) is 4.39 Å². The lowest BCUT2D eigenvalue weighted by atomic mass is 10.0. The minimum absolute atomic E-state index is 0.0563. The second-order valence-electron chi connectivity index (χ2n) is 7.03. The minimum atomic E-state index is -0.293. The Morgan fingerprint density at radius 2 is 2.07 bits per heavy atom. The normalized spacial score (nSPS) is 22.4. The summed E-state index contributed by atoms with van der Waals surface area (Å²) in [4.78, 5) is 8.08. The molecule has 0 saturated carbocycles. The molecule has 0 bridgehead atoms. The number of thiazole rings is 1. The fourth-order valence-corrected chi connectivity index (χ4v) is 4.89. The second-order valence-corrected chi connectivity index (χ2v) is 8.04. The van der Waals surface area contributed by atoms with Gasteiger partial charge in [-0.15, -0.1) is 5.10 Å². The number of hydrogen-bond donors (Lipinski definition) is 1. The van der Waals surface area contributed by atoms with Crippen molar-refractivity contribution in [3.63, 3.8) is 0 Å². The van der Waals surface area contributed by atoms with E-state index in [4.69, 9.17) is 4.74 Å². The molecule has 3 heterocycles. The summed E-state index contributed by atoms with van der Waals surface area (Å²) in [6.07, 6.45) is 0.816. The summed E-state index contributed by atoms with van der Waals surface area (Å²) in [6, 6.07) is 6.27. The van der Waals surface area contributed by atoms with Crippen molar-refractivity contribution in [2.24, 2.45) is 0 Å². The number of aromatic nitrogens is 3. The van der Waals surface area contributed by atoms with Crippen LogP contribution in [0.3, 0.4) is 0 Å². The van der Waals surface area contributed by atoms with E-state index in [0.717, 1.165) is 10.4 Å². The zero-order valence-electron chi connectivity index (χ0n) is 15.6. The van der Waals surface area contributed by atoms with Crippen molar-refractivity contribution in [2.75, 3.05) is 13.1 Å². The average Bonchev–Trinajstić information content (AvgIpc) is 3.14. The van der Waals surface area contributed by atoms with Crippen molar-refractivity contribution in [1.82, 2.24) is 19.5 Å². The van der Waals surface area contributed by atoms with Crippen molar-refractivity contribution >= 4 is 16.3 Å². The van der Waals surface area contributed by atoms with Gasteiger partial charge in [0.05, 0.1) is 23.1 Å². The highest BCUT2D eigenvalue weighted by Gasteiger charge is 2.34. The van der Waals surface area contributed by atoms with Gasteiger partial charge in [-0.3, -0.25) is 4.90 Å². The lowest BCUT2D eigenvalue weighted by molar-refractivity contribution is -0.0764. The first kappa shape index (κ1) is 18.3. The van der Waals surface area contributed by atoms with E-state index in [-0.39, 0.29) is 29.9 Å². The molecule has 6 nitrogen and oxygen atoms in total. The van der Waals surface area contributed by atoms with Crippen molar-refractivity contribution in [3.8, 4) is 5.88 Å². The lowest BCUT2D eigenvalue weighted by Crippen LogP contribution is -2.47. The molecule has 1 fully saturated rings. The Kier molecular flexibility index (Phi) is 4.88. The van der Waals surface area contributed by atoms with Gasteiger partial charge in [0, 0.05) is 19.5 Å². The maximum Gasteiger partial charge on any atom is 0.230 e. The molecule has 0 spiro atoms. The number of morpholine rings is 1. The van der Waals surface area contributed by atoms with E-state index in [2.05, 4.69) is 15.0 Å². The van der Waals surface area contributed by atoms with Gasteiger partial charge in [0.25, 0.3) is 0 Å². The predicted molar refractivity (Wildman–Crippen MR) is 102 cm³/mol. The van der Waals surface area contributed by atoms with Crippen LogP contribution < -0.4 is 0 Å². The topological polar surface area (TPSA) is 62.9 Å². The largest absolute Gasteiger partial charge is 0.492 e. The summed E-state index contributed by atoms with van der Waals surface area (Å²) in [5.41, 5.74) is 0.798. The minimum Gasteiger partial charge on any atom is -0.492 e. The monoisotopic (exact) mass is 390 g/mol. The number of fused-ring (bicyclic) bond motifs is 1. The molecular formula is C19H23FN4O2S. The summed E-state index contributed by atoms with van der Waals surface area (Å²) < 4.78 is 21.3. The molecule has 1 aliphatic heterocycles. The maximum absolute atomic E-state index is 14.0. The summed E-state index contributed by atoms with van der Waals surface area (Å²) in [5, 5.41) is 15.2. The standard InChI is InChI=1S/C19H23FN4O2S/c1-4-15-21-19-24(22-15)18(25)17(27-19)16(13-6-5-7-14(20)8-13)23-9-11(2)26-12(3)10-23/h5-8,11-12,16,25H,4,9-10H2,1-3H3/t11-,12+,16-/m1/s1. The first-order chi connectivity index (χ1) is 13.0. The van der Waals surface area contributed by atoms with Crippen LogP contribution in [0.5, 0.6) is 5.88 Å². The molecule has 0 aliphatic carbocycles. The molecule has 0 amide bonds. The molecule has 1 N–H and O–H groups in total. The summed E-state index contributed by atoms with van der Waals surface area (Å²) in [7, 11) is 0. The van der Waals surface area contributed by atoms with Crippen LogP contribution >= 0.6 is 11.3 Å². The van der Waals surface area contributed by atoms with Gasteiger partial charge in [0.2, 0.25) is 10.8 Å². The smallest absolute Gasteiger partial charge is 0.230 e. The van der Waals surface area contributed by atoms with E-state index in [1.54, 1.807) is 6.07 Å². The number of nitrogens with zero attached hydrogens (tertiary/aromatic N) is 4. The third kappa shape index (κ3) is 3.44. The van der Waals surface area contributed by atoms with Gasteiger partial charge in [0.1, 0.15) is 5.82 Å². The molecule has 0 unspecified atom stereocenters. The zero-order chi connectivity index (χ0) is 19.1. The molecule has 0 radical (unpaired) electrons. The summed E-state index contributed by atoms with van der Waals surface area (Å²) in [6.45, 7) is 7.42. The molecule has 4 rings (SSSR count). The number of ether oxygens (including phenoxy) is 1. The summed E-state index contributed by atoms with van der Waals surface area (Å²) in [5.74, 6) is 0.473. The van der Waals surface area contributed by atoms with E-state index in [9.17, 15) is 9.50 Å². The summed E-state index contributed by atoms with van der Waals surface area (Å²) >= 11 is 1.40. The van der Waals surface area contributed by atoms with Gasteiger partial charge in [0.15, 0.2) is 5.82 Å². The van der Waals surface area contributed by atoms with Crippen LogP contribution in [0.2, 0.25) is 0 Å². The molecular weight excluding hydrogens is 367 g/mol. The van der Waals surface area contributed by atoms with Crippen molar-refractivity contribution < 1.29 is 14.2 Å². The van der Waals surface area contributed by atoms with Crippen LogP contribution in [0, 0.1) is 5.82 Å². The molecule has 1 aliphatic rings. The molecule has 1 saturated heterocycles. The van der Waals surface area contributed by atoms with Crippen LogP contribution in [-0.2, 0) is 11.2 Å². The molecule has 144 valence electrons. The number of halogens is 1. The van der Waals surface area contributed by atoms with Crippen molar-refractivity contribution in [1.29, 1.82) is 0 Å². The number of rotatable bonds is 4. The Labute approximate surface area is 161 Å². The highest BCUT2D eigenvalue weighted by molar-refractivity contribution is 7.17. The number of hydrogen-bond acceptors (Lipinski definition) is 6. The van der Waals surface area contributed by atoms with Gasteiger partial charge in [-0.25, -0.2) is 9.37 Å². The number of aromatic hydroxyl groups is 1. The molecule has 27 heavy (non-hydrogen) atoms. The third-order valence-electron chi connectivity index (χ3n) is 4.79. The quantitative estimate of drug-likeness (QED) is 0.740. The lowest BCUT2D eigenvalue weighted by Gasteiger charge is -2.40. The van der Waals surface area contributed by atoms with Crippen molar-refractivity contribution in [3.05, 3.63) is 46.3 Å². The molecule has 2 aromatic heterocycles. The van der Waals surface area contributed by atoms with E-state index in [1.807, 2.05) is 26.8 Å². The Balaban J connectivity index is 1.82. The average molecular weight is 390 g/mol. The van der Waals surface area contributed by atoms with Crippen LogP contribution in [0.25, 0.3) is 4.96 Å². The fourth-order valence-electron chi connectivity index (χ4n) is 3.75. The fraction of sp³-hybridized carbons (Fsp3) is 0.474. The highest BCUT2D eigenvalue weighted by atomic mass is 32.1. The van der Waals surface area contributed by atoms with Crippen LogP contribution in [0.15, 0.2) is 24.3 Å². The molecule has 3 atom stereocenters. The van der Waals surface area contributed by atoms with E-state index in [1.165, 1.54) is 28.0 Å². The van der Waals surface area contributed by atoms with Gasteiger partial charge in [-0.05, 0) is 31.5 Å². The number of benzene rings is 1. The highest BCUT2D eigenvalue weighted by Crippen LogP contribution is 2.41. The Bertz CT molecular complexity index is 946. The Morgan fingerprint density at radius 3 is 2.70 bits per heavy atom. The van der Waals surface area contributed by atoms with Gasteiger partial charge < -0.3 is 9.84 Å². The molecule has 1 aromatic carbocycles. The van der Waals surface area contributed by atoms with Gasteiger partial charge >= 0.3 is 0 Å². The maximum atomic E-state index is 14.0. The van der Waals surface area contributed by atoms with E-state index < -0.39 is 0 Å². The predicted octanol–water partition coefficient (Wildman–Crippen LogP) is 3.40. The first-order valence-electron chi connectivity index (χ1n) is 9.18. The molecule has 3 aromatic rings. The second kappa shape index (κ2) is 7.18. The number of aryl methyl sites for hydroxylation is 1. The van der Waals surface area contributed by atoms with E-state index >= 15 is 0 Å². The van der Waals surface area contributed by atoms with Crippen molar-refractivity contribution in [2.45, 2.75) is 45.4 Å². The Morgan fingerprint density at radius 1 is 1.33 bits per heavy atom. The Hall–Kier alpha value is -2.03.